The molecule has 27 heavy (non-hydrogen) atoms. The summed E-state index contributed by atoms with van der Waals surface area (Å²) in [5.74, 6) is -4.26. The highest BCUT2D eigenvalue weighted by Gasteiger charge is 2.27. The van der Waals surface area contributed by atoms with Crippen molar-refractivity contribution in [2.24, 2.45) is 0 Å². The van der Waals surface area contributed by atoms with Gasteiger partial charge in [0.05, 0.1) is 17.4 Å². The fourth-order valence-corrected chi connectivity index (χ4v) is 3.08. The number of nitrogens with zero attached hydrogens (tertiary/aromatic N) is 2. The molecule has 2 aromatic rings. The Morgan fingerprint density at radius 1 is 0.963 bits per heavy atom. The van der Waals surface area contributed by atoms with Crippen molar-refractivity contribution in [3.63, 3.8) is 0 Å². The smallest absolute Gasteiger partial charge is 0.257 e. The van der Waals surface area contributed by atoms with Gasteiger partial charge in [0, 0.05) is 26.2 Å². The normalized spacial score (nSPS) is 14.6. The first kappa shape index (κ1) is 19.1. The molecule has 0 bridgehead atoms. The predicted octanol–water partition coefficient (Wildman–Crippen LogP) is 3.85. The lowest BCUT2D eigenvalue weighted by molar-refractivity contribution is 0.0740. The van der Waals surface area contributed by atoms with Crippen LogP contribution in [-0.4, -0.2) is 43.1 Å². The van der Waals surface area contributed by atoms with Crippen LogP contribution in [0, 0.1) is 17.5 Å². The number of amides is 1. The minimum atomic E-state index is -1.63. The van der Waals surface area contributed by atoms with Crippen molar-refractivity contribution in [1.82, 2.24) is 4.90 Å². The standard InChI is InChI=1S/C20H21F3N2O2/c1-13(2)27-17-6-4-3-5-16(17)24-9-11-25(12-10-24)20(26)14-7-8-15(21)19(23)18(14)22/h3-8,13H,9-12H2,1-2H3. The number of piperazine rings is 1. The monoisotopic (exact) mass is 378 g/mol. The Morgan fingerprint density at radius 2 is 1.63 bits per heavy atom. The van der Waals surface area contributed by atoms with Crippen LogP contribution < -0.4 is 9.64 Å². The van der Waals surface area contributed by atoms with Gasteiger partial charge in [-0.15, -0.1) is 0 Å². The number of hydrogen-bond donors (Lipinski definition) is 0. The molecular weight excluding hydrogens is 357 g/mol. The van der Waals surface area contributed by atoms with Gasteiger partial charge in [0.1, 0.15) is 5.75 Å². The van der Waals surface area contributed by atoms with Crippen molar-refractivity contribution in [3.05, 3.63) is 59.4 Å². The van der Waals surface area contributed by atoms with E-state index in [4.69, 9.17) is 4.74 Å². The highest BCUT2D eigenvalue weighted by atomic mass is 19.2. The Hall–Kier alpha value is -2.70. The zero-order valence-electron chi connectivity index (χ0n) is 15.2. The van der Waals surface area contributed by atoms with E-state index in [-0.39, 0.29) is 6.10 Å². The number of para-hydroxylation sites is 2. The lowest BCUT2D eigenvalue weighted by Crippen LogP contribution is -2.49. The second-order valence-corrected chi connectivity index (χ2v) is 6.64. The lowest BCUT2D eigenvalue weighted by atomic mass is 10.1. The number of benzene rings is 2. The zero-order chi connectivity index (χ0) is 19.6. The summed E-state index contributed by atoms with van der Waals surface area (Å²) in [5, 5.41) is 0. The summed E-state index contributed by atoms with van der Waals surface area (Å²) in [5.41, 5.74) is 0.475. The summed E-state index contributed by atoms with van der Waals surface area (Å²) in [7, 11) is 0. The largest absolute Gasteiger partial charge is 0.489 e. The summed E-state index contributed by atoms with van der Waals surface area (Å²) in [4.78, 5) is 16.0. The molecular formula is C20H21F3N2O2. The molecule has 4 nitrogen and oxygen atoms in total. The summed E-state index contributed by atoms with van der Waals surface area (Å²) in [6, 6.07) is 9.40. The molecule has 1 aliphatic rings. The molecule has 0 spiro atoms. The van der Waals surface area contributed by atoms with E-state index in [0.29, 0.717) is 26.2 Å². The van der Waals surface area contributed by atoms with Gasteiger partial charge >= 0.3 is 0 Å². The zero-order valence-corrected chi connectivity index (χ0v) is 15.2. The minimum absolute atomic E-state index is 0.0327. The van der Waals surface area contributed by atoms with Crippen LogP contribution in [0.1, 0.15) is 24.2 Å². The van der Waals surface area contributed by atoms with Gasteiger partial charge in [0.25, 0.3) is 5.91 Å². The van der Waals surface area contributed by atoms with E-state index in [0.717, 1.165) is 23.6 Å². The molecule has 0 radical (unpaired) electrons. The van der Waals surface area contributed by atoms with Gasteiger partial charge in [0.15, 0.2) is 17.5 Å². The summed E-state index contributed by atoms with van der Waals surface area (Å²) >= 11 is 0. The van der Waals surface area contributed by atoms with Crippen molar-refractivity contribution in [3.8, 4) is 5.75 Å². The van der Waals surface area contributed by atoms with Crippen molar-refractivity contribution in [2.75, 3.05) is 31.1 Å². The van der Waals surface area contributed by atoms with Crippen LogP contribution in [-0.2, 0) is 0 Å². The van der Waals surface area contributed by atoms with Gasteiger partial charge in [-0.25, -0.2) is 13.2 Å². The van der Waals surface area contributed by atoms with Gasteiger partial charge < -0.3 is 14.5 Å². The fraction of sp³-hybridized carbons (Fsp3) is 0.350. The van der Waals surface area contributed by atoms with Gasteiger partial charge in [-0.05, 0) is 38.1 Å². The number of carbonyl (C=O) groups excluding carboxylic acids is 1. The maximum atomic E-state index is 13.9. The maximum Gasteiger partial charge on any atom is 0.257 e. The van der Waals surface area contributed by atoms with Gasteiger partial charge in [-0.2, -0.15) is 0 Å². The number of anilines is 1. The molecule has 1 heterocycles. The Bertz CT molecular complexity index is 834. The van der Waals surface area contributed by atoms with E-state index in [1.807, 2.05) is 38.1 Å². The summed E-state index contributed by atoms with van der Waals surface area (Å²) in [6.07, 6.45) is 0.0327. The number of halogens is 3. The Labute approximate surface area is 156 Å². The Morgan fingerprint density at radius 3 is 2.30 bits per heavy atom. The van der Waals surface area contributed by atoms with E-state index in [2.05, 4.69) is 4.90 Å². The van der Waals surface area contributed by atoms with Crippen LogP contribution in [0.15, 0.2) is 36.4 Å². The van der Waals surface area contributed by atoms with Crippen molar-refractivity contribution < 1.29 is 22.7 Å². The molecule has 0 unspecified atom stereocenters. The number of hydrogen-bond acceptors (Lipinski definition) is 3. The second-order valence-electron chi connectivity index (χ2n) is 6.64. The topological polar surface area (TPSA) is 32.8 Å². The predicted molar refractivity (Wildman–Crippen MR) is 96.6 cm³/mol. The second kappa shape index (κ2) is 7.90. The van der Waals surface area contributed by atoms with Gasteiger partial charge in [0.2, 0.25) is 0 Å². The molecule has 1 saturated heterocycles. The van der Waals surface area contributed by atoms with Gasteiger partial charge in [-0.1, -0.05) is 12.1 Å². The number of ether oxygens (including phenoxy) is 1. The minimum Gasteiger partial charge on any atom is -0.489 e. The highest BCUT2D eigenvalue weighted by molar-refractivity contribution is 5.94. The number of carbonyl (C=O) groups is 1. The molecule has 7 heteroatoms. The highest BCUT2D eigenvalue weighted by Crippen LogP contribution is 2.30. The van der Waals surface area contributed by atoms with Crippen molar-refractivity contribution in [2.45, 2.75) is 20.0 Å². The molecule has 3 rings (SSSR count). The molecule has 0 aliphatic carbocycles. The first-order valence-corrected chi connectivity index (χ1v) is 8.82. The van der Waals surface area contributed by atoms with Crippen LogP contribution in [0.3, 0.4) is 0 Å². The summed E-state index contributed by atoms with van der Waals surface area (Å²) in [6.45, 7) is 5.62. The maximum absolute atomic E-state index is 13.9. The van der Waals surface area contributed by atoms with Crippen LogP contribution in [0.2, 0.25) is 0 Å². The number of rotatable bonds is 4. The summed E-state index contributed by atoms with van der Waals surface area (Å²) < 4.78 is 46.2. The van der Waals surface area contributed by atoms with Crippen LogP contribution in [0.25, 0.3) is 0 Å². The van der Waals surface area contributed by atoms with E-state index < -0.39 is 28.9 Å². The lowest BCUT2D eigenvalue weighted by Gasteiger charge is -2.37. The average Bonchev–Trinajstić information content (AvgIpc) is 2.66. The van der Waals surface area contributed by atoms with Crippen LogP contribution in [0.4, 0.5) is 18.9 Å². The van der Waals surface area contributed by atoms with Gasteiger partial charge in [-0.3, -0.25) is 4.79 Å². The van der Waals surface area contributed by atoms with E-state index in [1.165, 1.54) is 4.90 Å². The molecule has 0 saturated carbocycles. The van der Waals surface area contributed by atoms with Crippen LogP contribution >= 0.6 is 0 Å². The average molecular weight is 378 g/mol. The SMILES string of the molecule is CC(C)Oc1ccccc1N1CCN(C(=O)c2ccc(F)c(F)c2F)CC1. The first-order valence-electron chi connectivity index (χ1n) is 8.82. The quantitative estimate of drug-likeness (QED) is 0.758. The molecule has 1 aliphatic heterocycles. The Balaban J connectivity index is 1.71. The molecule has 1 amide bonds. The first-order chi connectivity index (χ1) is 12.9. The van der Waals surface area contributed by atoms with Crippen molar-refractivity contribution >= 4 is 11.6 Å². The molecule has 1 fully saturated rings. The fourth-order valence-electron chi connectivity index (χ4n) is 3.08. The van der Waals surface area contributed by atoms with Crippen molar-refractivity contribution in [1.29, 1.82) is 0 Å². The third-order valence-corrected chi connectivity index (χ3v) is 4.40. The molecule has 0 aromatic heterocycles. The van der Waals surface area contributed by atoms with E-state index in [1.54, 1.807) is 0 Å². The molecule has 0 atom stereocenters. The molecule has 2 aromatic carbocycles. The third-order valence-electron chi connectivity index (χ3n) is 4.40. The van der Waals surface area contributed by atoms with Crippen LogP contribution in [0.5, 0.6) is 5.75 Å². The van der Waals surface area contributed by atoms with E-state index >= 15 is 0 Å². The van der Waals surface area contributed by atoms with E-state index in [9.17, 15) is 18.0 Å². The molecule has 144 valence electrons. The Kier molecular flexibility index (Phi) is 5.58. The third kappa shape index (κ3) is 4.02. The molecule has 0 N–H and O–H groups in total.